The first kappa shape index (κ1) is 19.1. The van der Waals surface area contributed by atoms with Crippen LogP contribution >= 0.6 is 11.9 Å². The van der Waals surface area contributed by atoms with Crippen molar-refractivity contribution in [3.63, 3.8) is 0 Å². The molecular formula is C23H23NO2S. The lowest BCUT2D eigenvalue weighted by molar-refractivity contribution is 0.414. The summed E-state index contributed by atoms with van der Waals surface area (Å²) >= 11 is 1.63. The Morgan fingerprint density at radius 1 is 0.815 bits per heavy atom. The molecule has 3 rings (SSSR count). The predicted molar refractivity (Wildman–Crippen MR) is 115 cm³/mol. The van der Waals surface area contributed by atoms with E-state index in [-0.39, 0.29) is 0 Å². The van der Waals surface area contributed by atoms with Gasteiger partial charge in [-0.3, -0.25) is 4.72 Å². The monoisotopic (exact) mass is 377 g/mol. The molecule has 0 radical (unpaired) electrons. The molecule has 0 atom stereocenters. The second kappa shape index (κ2) is 9.86. The van der Waals surface area contributed by atoms with Crippen LogP contribution in [0.4, 0.5) is 0 Å². The maximum absolute atomic E-state index is 5.28. The number of benzene rings is 3. The lowest BCUT2D eigenvalue weighted by atomic mass is 10.1. The molecule has 0 saturated heterocycles. The van der Waals surface area contributed by atoms with Crippen LogP contribution in [-0.4, -0.2) is 14.2 Å². The number of hydrogen-bond donors (Lipinski definition) is 1. The summed E-state index contributed by atoms with van der Waals surface area (Å²) in [4.78, 5) is 1.14. The van der Waals surface area contributed by atoms with Gasteiger partial charge in [-0.05, 0) is 59.0 Å². The molecular weight excluding hydrogens is 354 g/mol. The smallest absolute Gasteiger partial charge is 0.118 e. The van der Waals surface area contributed by atoms with E-state index in [0.29, 0.717) is 0 Å². The standard InChI is InChI=1S/C23H23NO2S/c1-25-21-12-8-18(9-13-21)16-23(20-10-14-22(26-2)15-11-20)27-24-17-19-6-4-3-5-7-19/h3-16,24H,17H2,1-2H3. The van der Waals surface area contributed by atoms with Crippen molar-refractivity contribution in [2.24, 2.45) is 0 Å². The molecule has 0 amide bonds. The highest BCUT2D eigenvalue weighted by Crippen LogP contribution is 2.30. The van der Waals surface area contributed by atoms with Crippen molar-refractivity contribution >= 4 is 22.9 Å². The average molecular weight is 378 g/mol. The van der Waals surface area contributed by atoms with Gasteiger partial charge in [-0.15, -0.1) is 0 Å². The summed E-state index contributed by atoms with van der Waals surface area (Å²) < 4.78 is 14.0. The minimum absolute atomic E-state index is 0.793. The van der Waals surface area contributed by atoms with Crippen molar-refractivity contribution in [3.05, 3.63) is 95.6 Å². The molecule has 0 saturated carbocycles. The fraction of sp³-hybridized carbons (Fsp3) is 0.130. The largest absolute Gasteiger partial charge is 0.497 e. The Bertz CT molecular complexity index is 859. The highest BCUT2D eigenvalue weighted by atomic mass is 32.2. The van der Waals surface area contributed by atoms with Crippen LogP contribution in [0.5, 0.6) is 11.5 Å². The van der Waals surface area contributed by atoms with Crippen LogP contribution in [0.2, 0.25) is 0 Å². The molecule has 0 aliphatic heterocycles. The molecule has 3 nitrogen and oxygen atoms in total. The summed E-state index contributed by atoms with van der Waals surface area (Å²) in [7, 11) is 3.36. The topological polar surface area (TPSA) is 30.5 Å². The number of methoxy groups -OCH3 is 2. The zero-order valence-corrected chi connectivity index (χ0v) is 16.3. The van der Waals surface area contributed by atoms with Crippen LogP contribution in [-0.2, 0) is 6.54 Å². The molecule has 138 valence electrons. The molecule has 0 bridgehead atoms. The molecule has 4 heteroatoms. The van der Waals surface area contributed by atoms with Crippen molar-refractivity contribution in [1.82, 2.24) is 4.72 Å². The van der Waals surface area contributed by atoms with Gasteiger partial charge in [0.25, 0.3) is 0 Å². The lowest BCUT2D eigenvalue weighted by Crippen LogP contribution is -2.03. The molecule has 0 aromatic heterocycles. The minimum Gasteiger partial charge on any atom is -0.497 e. The maximum Gasteiger partial charge on any atom is 0.118 e. The maximum atomic E-state index is 5.28. The van der Waals surface area contributed by atoms with Gasteiger partial charge in [0, 0.05) is 11.4 Å². The van der Waals surface area contributed by atoms with E-state index in [1.165, 1.54) is 5.56 Å². The summed E-state index contributed by atoms with van der Waals surface area (Å²) in [6.45, 7) is 0.793. The zero-order chi connectivity index (χ0) is 18.9. The highest BCUT2D eigenvalue weighted by molar-refractivity contribution is 8.06. The molecule has 0 unspecified atom stereocenters. The predicted octanol–water partition coefficient (Wildman–Crippen LogP) is 5.64. The van der Waals surface area contributed by atoms with Crippen LogP contribution in [0.3, 0.4) is 0 Å². The first-order chi connectivity index (χ1) is 13.3. The fourth-order valence-electron chi connectivity index (χ4n) is 2.57. The first-order valence-corrected chi connectivity index (χ1v) is 9.54. The third-order valence-electron chi connectivity index (χ3n) is 4.09. The summed E-state index contributed by atoms with van der Waals surface area (Å²) in [5, 5.41) is 0. The van der Waals surface area contributed by atoms with Gasteiger partial charge in [0.05, 0.1) is 14.2 Å². The third-order valence-corrected chi connectivity index (χ3v) is 4.95. The van der Waals surface area contributed by atoms with E-state index in [2.05, 4.69) is 59.3 Å². The van der Waals surface area contributed by atoms with Crippen molar-refractivity contribution in [3.8, 4) is 11.5 Å². The van der Waals surface area contributed by atoms with Gasteiger partial charge >= 0.3 is 0 Å². The van der Waals surface area contributed by atoms with Crippen molar-refractivity contribution in [1.29, 1.82) is 0 Å². The molecule has 0 aliphatic rings. The lowest BCUT2D eigenvalue weighted by Gasteiger charge is -2.10. The number of ether oxygens (including phenoxy) is 2. The second-order valence-corrected chi connectivity index (χ2v) is 6.85. The number of hydrogen-bond acceptors (Lipinski definition) is 4. The second-order valence-electron chi connectivity index (χ2n) is 5.92. The van der Waals surface area contributed by atoms with Crippen molar-refractivity contribution in [2.75, 3.05) is 14.2 Å². The van der Waals surface area contributed by atoms with Gasteiger partial charge in [-0.1, -0.05) is 54.6 Å². The Hall–Kier alpha value is -2.69. The Morgan fingerprint density at radius 2 is 1.41 bits per heavy atom. The van der Waals surface area contributed by atoms with E-state index in [1.807, 2.05) is 30.3 Å². The molecule has 3 aromatic carbocycles. The van der Waals surface area contributed by atoms with Crippen molar-refractivity contribution in [2.45, 2.75) is 6.54 Å². The van der Waals surface area contributed by atoms with E-state index < -0.39 is 0 Å². The van der Waals surface area contributed by atoms with Crippen molar-refractivity contribution < 1.29 is 9.47 Å². The highest BCUT2D eigenvalue weighted by Gasteiger charge is 2.05. The molecule has 27 heavy (non-hydrogen) atoms. The van der Waals surface area contributed by atoms with Crippen LogP contribution in [0.1, 0.15) is 16.7 Å². The van der Waals surface area contributed by atoms with E-state index in [9.17, 15) is 0 Å². The number of nitrogens with one attached hydrogen (secondary N) is 1. The van der Waals surface area contributed by atoms with Crippen LogP contribution in [0.25, 0.3) is 11.0 Å². The van der Waals surface area contributed by atoms with Gasteiger partial charge in [0.2, 0.25) is 0 Å². The fourth-order valence-corrected chi connectivity index (χ4v) is 3.41. The van der Waals surface area contributed by atoms with Crippen LogP contribution in [0.15, 0.2) is 78.9 Å². The van der Waals surface area contributed by atoms with E-state index >= 15 is 0 Å². The van der Waals surface area contributed by atoms with Gasteiger partial charge in [0.15, 0.2) is 0 Å². The average Bonchev–Trinajstić information content (AvgIpc) is 2.74. The summed E-state index contributed by atoms with van der Waals surface area (Å²) in [6.07, 6.45) is 2.17. The molecule has 0 aliphatic carbocycles. The summed E-state index contributed by atoms with van der Waals surface area (Å²) in [5.74, 6) is 1.71. The summed E-state index contributed by atoms with van der Waals surface area (Å²) in [5.41, 5.74) is 3.51. The van der Waals surface area contributed by atoms with Gasteiger partial charge in [-0.2, -0.15) is 0 Å². The number of rotatable bonds is 8. The Labute approximate surface area is 165 Å². The SMILES string of the molecule is COc1ccc(C=C(SNCc2ccccc2)c2ccc(OC)cc2)cc1. The van der Waals surface area contributed by atoms with Crippen LogP contribution < -0.4 is 14.2 Å². The van der Waals surface area contributed by atoms with E-state index in [0.717, 1.165) is 34.1 Å². The molecule has 3 aromatic rings. The minimum atomic E-state index is 0.793. The van der Waals surface area contributed by atoms with Crippen LogP contribution in [0, 0.1) is 0 Å². The molecule has 0 heterocycles. The zero-order valence-electron chi connectivity index (χ0n) is 15.5. The Balaban J connectivity index is 1.79. The molecule has 0 spiro atoms. The summed E-state index contributed by atoms with van der Waals surface area (Å²) in [6, 6.07) is 26.5. The third kappa shape index (κ3) is 5.64. The van der Waals surface area contributed by atoms with Gasteiger partial charge in [-0.25, -0.2) is 0 Å². The molecule has 0 fully saturated rings. The molecule has 1 N–H and O–H groups in total. The Kier molecular flexibility index (Phi) is 6.97. The van der Waals surface area contributed by atoms with E-state index in [4.69, 9.17) is 9.47 Å². The quantitative estimate of drug-likeness (QED) is 0.406. The van der Waals surface area contributed by atoms with Gasteiger partial charge < -0.3 is 9.47 Å². The normalized spacial score (nSPS) is 11.3. The first-order valence-electron chi connectivity index (χ1n) is 8.72. The van der Waals surface area contributed by atoms with Gasteiger partial charge in [0.1, 0.15) is 11.5 Å². The Morgan fingerprint density at radius 3 is 2.00 bits per heavy atom. The van der Waals surface area contributed by atoms with E-state index in [1.54, 1.807) is 26.2 Å².